The van der Waals surface area contributed by atoms with Gasteiger partial charge in [-0.2, -0.15) is 21.7 Å². The zero-order valence-corrected chi connectivity index (χ0v) is 76.8. The van der Waals surface area contributed by atoms with E-state index < -0.39 is 87.0 Å². The summed E-state index contributed by atoms with van der Waals surface area (Å²) in [6, 6.07) is 39.7. The summed E-state index contributed by atoms with van der Waals surface area (Å²) in [6.07, 6.45) is 0.250. The number of hydrogen-bond acceptors (Lipinski definition) is 27. The molecule has 43 heteroatoms. The van der Waals surface area contributed by atoms with E-state index in [9.17, 15) is 81.2 Å². The fraction of sp³-hybridized carbons (Fsp3) is 0.0857. The summed E-state index contributed by atoms with van der Waals surface area (Å²) < 4.78 is 199. The molecule has 1 aliphatic carbocycles. The summed E-state index contributed by atoms with van der Waals surface area (Å²) in [5.41, 5.74) is 3.30. The van der Waals surface area contributed by atoms with Crippen LogP contribution in [0.5, 0.6) is 23.0 Å². The van der Waals surface area contributed by atoms with Crippen molar-refractivity contribution in [1.29, 1.82) is 0 Å². The van der Waals surface area contributed by atoms with Gasteiger partial charge in [0.2, 0.25) is 11.0 Å². The predicted molar refractivity (Wildman–Crippen MR) is 383 cm³/mol. The third-order valence-corrected chi connectivity index (χ3v) is 22.1. The van der Waals surface area contributed by atoms with Crippen LogP contribution in [0.25, 0.3) is 65.7 Å². The molecule has 2 aliphatic rings. The summed E-state index contributed by atoms with van der Waals surface area (Å²) in [7, 11) is -21.0. The molecule has 1 aliphatic heterocycles. The molecular weight excluding hydrogens is 1670 g/mol. The molecule has 0 radical (unpaired) electrons. The first kappa shape index (κ1) is 102. The number of fused-ring (bicyclic) bond motifs is 5. The Morgan fingerprint density at radius 2 is 1.09 bits per heavy atom. The van der Waals surface area contributed by atoms with Crippen LogP contribution >= 0.6 is 10.7 Å². The van der Waals surface area contributed by atoms with Crippen molar-refractivity contribution in [3.8, 4) is 45.4 Å². The molecule has 10 aromatic carbocycles. The molecule has 1 heterocycles. The number of sulfonamides is 2. The van der Waals surface area contributed by atoms with Crippen molar-refractivity contribution in [1.82, 2.24) is 0 Å². The van der Waals surface area contributed by atoms with Crippen molar-refractivity contribution in [2.45, 2.75) is 66.0 Å². The summed E-state index contributed by atoms with van der Waals surface area (Å²) in [5, 5.41) is 46.6. The standard InChI is InChI=1S/C58H46N4O15S4.C11H7ClO5S.CO2.5Na.O3S.2H2O/c1-29-21-31(3)56(61-78(67,68)40-16-12-35-23-39(63)15-11-36(35)24-40)33(5)54(29)59-38-14-18-43-48(26-38)77-49-28-46(51(81(74,75)76)27-45(49)52(43)44-9-7-8-10-50(44)80(71,72)73)60-55-30(2)22-32(4)57(34(55)6)62-79(69,70)41-17-19-42-37(25-41)13-20-47(64)53(42)58(65)66;12-18(15,16)8-2-3-9-7(5-8)1-4-10(14)11(9)17-6-13;2-1-3;;;;;;1-4(2)3;;/h7-13,15-22,24-28,59,61-64H,1-6H3,(H,65,66)(H,71,72,73)(H,74,75,76);1-6,14H;;;;;;;;2*1H2/q-2;;;5*+1;;;/p-3. The Kier molecular flexibility index (Phi) is 37.5. The van der Waals surface area contributed by atoms with E-state index in [0.717, 1.165) is 24.3 Å². The molecule has 10 N–H and O–H groups in total. The number of aryl methyl sites for hydroxylation is 4. The molecule has 0 unspecified atom stereocenters. The number of aromatic carboxylic acids is 1. The van der Waals surface area contributed by atoms with Gasteiger partial charge in [0.25, 0.3) is 35.6 Å². The zero-order chi connectivity index (χ0) is 78.0. The quantitative estimate of drug-likeness (QED) is 0.0118. The van der Waals surface area contributed by atoms with E-state index in [0.29, 0.717) is 55.0 Å². The van der Waals surface area contributed by atoms with E-state index in [-0.39, 0.29) is 281 Å². The van der Waals surface area contributed by atoms with Crippen LogP contribution in [0.15, 0.2) is 181 Å². The number of nitrogens with one attached hydrogen (secondary N) is 4. The van der Waals surface area contributed by atoms with Gasteiger partial charge in [0, 0.05) is 55.3 Å². The number of carbonyl (C=O) groups is 2. The third kappa shape index (κ3) is 23.6. The fourth-order valence-corrected chi connectivity index (χ4v) is 16.3. The summed E-state index contributed by atoms with van der Waals surface area (Å²) in [5.74, 6) is -2.70. The van der Waals surface area contributed by atoms with Crippen molar-refractivity contribution < 1.29 is 276 Å². The molecule has 0 aromatic heterocycles. The number of aromatic hydroxyl groups is 3. The van der Waals surface area contributed by atoms with Crippen molar-refractivity contribution in [2.75, 3.05) is 14.8 Å². The third-order valence-electron chi connectivity index (χ3n) is 16.3. The van der Waals surface area contributed by atoms with Gasteiger partial charge >= 0.3 is 165 Å². The zero-order valence-electron chi connectivity index (χ0n) is 61.1. The van der Waals surface area contributed by atoms with E-state index in [1.807, 2.05) is 0 Å². The van der Waals surface area contributed by atoms with Gasteiger partial charge in [0.15, 0.2) is 11.5 Å². The average Bonchev–Trinajstić information content (AvgIpc) is 0.729. The number of carbonyl (C=O) groups excluding carboxylic acids is 4. The molecule has 564 valence electrons. The van der Waals surface area contributed by atoms with Crippen LogP contribution in [0, 0.1) is 53.7 Å². The largest absolute Gasteiger partial charge is 1.00 e. The number of ether oxygens (including phenoxy) is 1. The summed E-state index contributed by atoms with van der Waals surface area (Å²) in [6.45, 7) is 10.2. The monoisotopic (exact) mass is 1720 g/mol. The number of phenols is 3. The summed E-state index contributed by atoms with van der Waals surface area (Å²) >= 11 is 0. The number of phenolic OH excluding ortho intramolecular Hbond substituents is 2. The molecule has 10 aromatic rings. The van der Waals surface area contributed by atoms with Crippen LogP contribution in [0.3, 0.4) is 0 Å². The van der Waals surface area contributed by atoms with Crippen LogP contribution in [-0.4, -0.2) is 109 Å². The molecule has 0 saturated heterocycles. The SMILES string of the molecule is Cc1cc(C)c(NS(=O)(=O)c2ccc3[c-]c(O)ccc3c2)c(C)c1Nc1[c-]cc2c(-c3ccccc3S(=O)(=O)[O-])c3cc(S(=O)(=O)[O-])c(=[NH+]c4c(C)cc(C)c(NS(=O)(=O)c5ccc6c(C(=O)[O-])c(O)ccc6c5)c4C)cc-3oc2c1.O.O=C=O.O=COc1c(O)ccc2cc(S(=O)(=O)Cl)ccc12.O=S(=O)=O.[Na+].[Na+].[Na+].[Na+].[Na+].[OH-]. The van der Waals surface area contributed by atoms with Gasteiger partial charge in [-0.3, -0.25) is 14.2 Å². The summed E-state index contributed by atoms with van der Waals surface area (Å²) in [4.78, 5) is 39.5. The minimum atomic E-state index is -5.44. The van der Waals surface area contributed by atoms with E-state index in [1.165, 1.54) is 116 Å². The van der Waals surface area contributed by atoms with Gasteiger partial charge in [-0.05, 0) is 146 Å². The van der Waals surface area contributed by atoms with Crippen LogP contribution in [-0.2, 0) is 74.3 Å². The Balaban J connectivity index is 0.00000116. The van der Waals surface area contributed by atoms with Crippen molar-refractivity contribution >= 4 is 161 Å². The van der Waals surface area contributed by atoms with Crippen LogP contribution < -0.4 is 183 Å². The van der Waals surface area contributed by atoms with Gasteiger partial charge in [0.05, 0.1) is 43.0 Å². The predicted octanol–water partition coefficient (Wildman–Crippen LogP) is -8.36. The minimum absolute atomic E-state index is 0. The Bertz CT molecular complexity index is 6540. The molecule has 12 rings (SSSR count). The van der Waals surface area contributed by atoms with Gasteiger partial charge in [-0.15, -0.1) is 47.7 Å². The first-order valence-electron chi connectivity index (χ1n) is 29.9. The molecule has 0 atom stereocenters. The number of anilines is 4. The average molecular weight is 1730 g/mol. The number of carboxylic acids is 1. The fourth-order valence-electron chi connectivity index (χ4n) is 11.7. The van der Waals surface area contributed by atoms with Crippen LogP contribution in [0.2, 0.25) is 0 Å². The molecule has 113 heavy (non-hydrogen) atoms. The van der Waals surface area contributed by atoms with Crippen molar-refractivity contribution in [3.05, 3.63) is 208 Å². The maximum absolute atomic E-state index is 14.1. The molecule has 0 spiro atoms. The number of halogens is 1. The van der Waals surface area contributed by atoms with Crippen LogP contribution in [0.1, 0.15) is 43.7 Å². The second kappa shape index (κ2) is 41.4. The van der Waals surface area contributed by atoms with Crippen LogP contribution in [0.4, 0.5) is 28.4 Å². The number of rotatable bonds is 16. The normalized spacial score (nSPS) is 11.1. The molecular formula is C70H54ClN4Na5O27S6. The first-order chi connectivity index (χ1) is 49.6. The van der Waals surface area contributed by atoms with Gasteiger partial charge in [0.1, 0.15) is 36.6 Å². The molecule has 0 fully saturated rings. The maximum atomic E-state index is 14.1. The number of hydrogen-bond donors (Lipinski definition) is 7. The first-order valence-corrected chi connectivity index (χ1v) is 39.0. The molecule has 0 bridgehead atoms. The smallest absolute Gasteiger partial charge is 0.870 e. The Morgan fingerprint density at radius 1 is 0.593 bits per heavy atom. The van der Waals surface area contributed by atoms with Crippen molar-refractivity contribution in [3.63, 3.8) is 0 Å². The van der Waals surface area contributed by atoms with Gasteiger partial charge in [-0.1, -0.05) is 77.3 Å². The second-order valence-corrected chi connectivity index (χ2v) is 32.1. The number of benzene rings is 11. The van der Waals surface area contributed by atoms with Gasteiger partial charge in [-0.25, -0.2) is 47.1 Å². The Morgan fingerprint density at radius 3 is 1.65 bits per heavy atom. The van der Waals surface area contributed by atoms with E-state index in [4.69, 9.17) is 37.3 Å². The number of carboxylic acid groups (broad SMARTS) is 1. The molecule has 31 nitrogen and oxygen atoms in total. The van der Waals surface area contributed by atoms with E-state index >= 15 is 0 Å². The Labute approximate surface area is 761 Å². The van der Waals surface area contributed by atoms with Crippen molar-refractivity contribution in [2.24, 2.45) is 0 Å². The van der Waals surface area contributed by atoms with E-state index in [1.54, 1.807) is 52.8 Å². The van der Waals surface area contributed by atoms with Gasteiger partial charge < -0.3 is 59.7 Å². The minimum Gasteiger partial charge on any atom is -0.870 e. The Hall–Kier alpha value is -6.71. The maximum Gasteiger partial charge on any atom is 1.00 e. The molecule has 0 amide bonds. The topological polar surface area (TPSA) is 554 Å². The second-order valence-electron chi connectivity index (χ2n) is 23.0. The van der Waals surface area contributed by atoms with E-state index in [2.05, 4.69) is 36.6 Å². The molecule has 0 saturated carbocycles.